The molecule has 218 valence electrons. The summed E-state index contributed by atoms with van der Waals surface area (Å²) in [5.41, 5.74) is 1.04. The molecular weight excluding hydrogens is 673 g/mol. The molecule has 0 heterocycles. The zero-order chi connectivity index (χ0) is 29.4. The van der Waals surface area contributed by atoms with Crippen molar-refractivity contribution in [2.45, 2.75) is 69.0 Å². The van der Waals surface area contributed by atoms with Gasteiger partial charge in [-0.05, 0) is 89.9 Å². The second kappa shape index (κ2) is 14.5. The lowest BCUT2D eigenvalue weighted by molar-refractivity contribution is -0.140. The van der Waals surface area contributed by atoms with Gasteiger partial charge in [-0.2, -0.15) is 0 Å². The summed E-state index contributed by atoms with van der Waals surface area (Å²) in [5, 5.41) is 3.63. The van der Waals surface area contributed by atoms with Crippen LogP contribution in [0.15, 0.2) is 83.8 Å². The normalized spacial score (nSPS) is 14.7. The van der Waals surface area contributed by atoms with E-state index in [0.29, 0.717) is 22.7 Å². The summed E-state index contributed by atoms with van der Waals surface area (Å²) in [7, 11) is -4.10. The summed E-state index contributed by atoms with van der Waals surface area (Å²) < 4.78 is 29.8. The molecule has 10 heteroatoms. The summed E-state index contributed by atoms with van der Waals surface area (Å²) in [4.78, 5) is 29.3. The summed E-state index contributed by atoms with van der Waals surface area (Å²) >= 11 is 8.63. The Morgan fingerprint density at radius 1 is 0.951 bits per heavy atom. The number of anilines is 1. The van der Waals surface area contributed by atoms with Gasteiger partial charge < -0.3 is 10.2 Å². The largest absolute Gasteiger partial charge is 0.352 e. The average molecular weight is 708 g/mol. The van der Waals surface area contributed by atoms with Gasteiger partial charge >= 0.3 is 0 Å². The second-order valence-corrected chi connectivity index (χ2v) is 13.7. The fraction of sp³-hybridized carbons (Fsp3) is 0.355. The van der Waals surface area contributed by atoms with Gasteiger partial charge in [-0.15, -0.1) is 0 Å². The quantitative estimate of drug-likeness (QED) is 0.234. The van der Waals surface area contributed by atoms with Crippen molar-refractivity contribution in [1.29, 1.82) is 0 Å². The van der Waals surface area contributed by atoms with Crippen molar-refractivity contribution in [1.82, 2.24) is 10.2 Å². The molecular formula is C31H35ClIN3O4S. The molecule has 1 atom stereocenters. The van der Waals surface area contributed by atoms with E-state index in [2.05, 4.69) is 27.9 Å². The van der Waals surface area contributed by atoms with Gasteiger partial charge in [0, 0.05) is 21.2 Å². The fourth-order valence-corrected chi connectivity index (χ4v) is 7.12. The van der Waals surface area contributed by atoms with Crippen LogP contribution in [0.2, 0.25) is 5.02 Å². The van der Waals surface area contributed by atoms with E-state index < -0.39 is 28.5 Å². The van der Waals surface area contributed by atoms with E-state index in [1.165, 1.54) is 17.0 Å². The first kappa shape index (κ1) is 31.3. The van der Waals surface area contributed by atoms with Crippen molar-refractivity contribution >= 4 is 61.7 Å². The molecule has 1 fully saturated rings. The predicted molar refractivity (Wildman–Crippen MR) is 171 cm³/mol. The third-order valence-electron chi connectivity index (χ3n) is 7.36. The lowest BCUT2D eigenvalue weighted by Crippen LogP contribution is -2.54. The Labute approximate surface area is 261 Å². The van der Waals surface area contributed by atoms with E-state index in [0.717, 1.165) is 40.0 Å². The van der Waals surface area contributed by atoms with Crippen LogP contribution in [-0.4, -0.2) is 43.8 Å². The monoisotopic (exact) mass is 707 g/mol. The van der Waals surface area contributed by atoms with Crippen LogP contribution in [0.5, 0.6) is 0 Å². The number of carbonyl (C=O) groups excluding carboxylic acids is 2. The molecule has 1 aliphatic rings. The van der Waals surface area contributed by atoms with E-state index in [1.807, 2.05) is 19.1 Å². The van der Waals surface area contributed by atoms with E-state index in [4.69, 9.17) is 11.6 Å². The highest BCUT2D eigenvalue weighted by Gasteiger charge is 2.34. The zero-order valence-electron chi connectivity index (χ0n) is 23.0. The smallest absolute Gasteiger partial charge is 0.264 e. The fourth-order valence-electron chi connectivity index (χ4n) is 5.13. The number of rotatable bonds is 11. The maximum Gasteiger partial charge on any atom is 0.264 e. The van der Waals surface area contributed by atoms with Crippen LogP contribution in [0, 0.1) is 3.57 Å². The number of halogens is 2. The lowest BCUT2D eigenvalue weighted by Gasteiger charge is -2.34. The Morgan fingerprint density at radius 3 is 2.22 bits per heavy atom. The molecule has 0 aromatic heterocycles. The second-order valence-electron chi connectivity index (χ2n) is 10.2. The molecule has 1 aliphatic carbocycles. The number of hydrogen-bond acceptors (Lipinski definition) is 4. The van der Waals surface area contributed by atoms with Gasteiger partial charge in [-0.25, -0.2) is 8.42 Å². The molecule has 0 saturated heterocycles. The Balaban J connectivity index is 1.70. The first-order valence-electron chi connectivity index (χ1n) is 13.9. The lowest BCUT2D eigenvalue weighted by atomic mass is 9.95. The van der Waals surface area contributed by atoms with E-state index >= 15 is 0 Å². The van der Waals surface area contributed by atoms with Crippen LogP contribution >= 0.6 is 34.2 Å². The van der Waals surface area contributed by atoms with Crippen molar-refractivity contribution in [3.63, 3.8) is 0 Å². The molecule has 0 spiro atoms. The number of amides is 2. The maximum atomic E-state index is 14.2. The predicted octanol–water partition coefficient (Wildman–Crippen LogP) is 6.40. The SMILES string of the molecule is CCC(C(=O)NC1CCCCC1)N(Cc1ccccc1Cl)C(=O)CN(c1ccc(I)cc1)S(=O)(=O)c1ccccc1. The Kier molecular flexibility index (Phi) is 11.1. The van der Waals surface area contributed by atoms with Crippen molar-refractivity contribution in [2.24, 2.45) is 0 Å². The molecule has 0 bridgehead atoms. The molecule has 1 unspecified atom stereocenters. The zero-order valence-corrected chi connectivity index (χ0v) is 26.7. The van der Waals surface area contributed by atoms with E-state index in [9.17, 15) is 18.0 Å². The minimum Gasteiger partial charge on any atom is -0.352 e. The molecule has 4 rings (SSSR count). The van der Waals surface area contributed by atoms with Gasteiger partial charge in [0.1, 0.15) is 12.6 Å². The third kappa shape index (κ3) is 8.02. The Hall–Kier alpha value is -2.63. The van der Waals surface area contributed by atoms with Crippen LogP contribution in [0.3, 0.4) is 0 Å². The number of sulfonamides is 1. The first-order chi connectivity index (χ1) is 19.7. The standard InChI is InChI=1S/C31H35ClIN3O4S/c1-2-29(31(38)34-25-12-5-3-6-13-25)35(21-23-11-9-10-16-28(23)32)30(37)22-36(26-19-17-24(33)18-20-26)41(39,40)27-14-7-4-8-15-27/h4,7-11,14-20,25,29H,2-3,5-6,12-13,21-22H2,1H3,(H,34,38). The van der Waals surface area contributed by atoms with Gasteiger partial charge in [0.05, 0.1) is 10.6 Å². The van der Waals surface area contributed by atoms with Crippen LogP contribution in [0.1, 0.15) is 51.0 Å². The summed E-state index contributed by atoms with van der Waals surface area (Å²) in [6.07, 6.45) is 5.47. The number of benzene rings is 3. The molecule has 3 aromatic carbocycles. The highest BCUT2D eigenvalue weighted by Crippen LogP contribution is 2.27. The number of carbonyl (C=O) groups is 2. The molecule has 1 saturated carbocycles. The third-order valence-corrected chi connectivity index (χ3v) is 10.2. The van der Waals surface area contributed by atoms with Gasteiger partial charge in [-0.3, -0.25) is 13.9 Å². The summed E-state index contributed by atoms with van der Waals surface area (Å²) in [6.45, 7) is 1.45. The van der Waals surface area contributed by atoms with Crippen LogP contribution < -0.4 is 9.62 Å². The van der Waals surface area contributed by atoms with Gasteiger partial charge in [0.2, 0.25) is 11.8 Å². The number of hydrogen-bond donors (Lipinski definition) is 1. The van der Waals surface area contributed by atoms with Gasteiger partial charge in [-0.1, -0.05) is 74.2 Å². The van der Waals surface area contributed by atoms with Crippen molar-refractivity contribution < 1.29 is 18.0 Å². The van der Waals surface area contributed by atoms with Crippen LogP contribution in [-0.2, 0) is 26.2 Å². The number of nitrogens with one attached hydrogen (secondary N) is 1. The maximum absolute atomic E-state index is 14.2. The minimum atomic E-state index is -4.10. The van der Waals surface area contributed by atoms with E-state index in [-0.39, 0.29) is 23.4 Å². The van der Waals surface area contributed by atoms with E-state index in [1.54, 1.807) is 54.6 Å². The molecule has 3 aromatic rings. The topological polar surface area (TPSA) is 86.8 Å². The molecule has 7 nitrogen and oxygen atoms in total. The average Bonchev–Trinajstić information content (AvgIpc) is 2.98. The van der Waals surface area contributed by atoms with Gasteiger partial charge in [0.15, 0.2) is 0 Å². The Morgan fingerprint density at radius 2 is 1.59 bits per heavy atom. The van der Waals surface area contributed by atoms with Crippen LogP contribution in [0.4, 0.5) is 5.69 Å². The highest BCUT2D eigenvalue weighted by molar-refractivity contribution is 14.1. The van der Waals surface area contributed by atoms with Crippen molar-refractivity contribution in [3.05, 3.63) is 93.0 Å². The molecule has 0 aliphatic heterocycles. The van der Waals surface area contributed by atoms with Crippen LogP contribution in [0.25, 0.3) is 0 Å². The van der Waals surface area contributed by atoms with Gasteiger partial charge in [0.25, 0.3) is 10.0 Å². The summed E-state index contributed by atoms with van der Waals surface area (Å²) in [5.74, 6) is -0.722. The van der Waals surface area contributed by atoms with Crippen molar-refractivity contribution in [2.75, 3.05) is 10.8 Å². The molecule has 2 amide bonds. The minimum absolute atomic E-state index is 0.0704. The highest BCUT2D eigenvalue weighted by atomic mass is 127. The molecule has 0 radical (unpaired) electrons. The number of nitrogens with zero attached hydrogens (tertiary/aromatic N) is 2. The van der Waals surface area contributed by atoms with Crippen molar-refractivity contribution in [3.8, 4) is 0 Å². The molecule has 41 heavy (non-hydrogen) atoms. The molecule has 1 N–H and O–H groups in total. The first-order valence-corrected chi connectivity index (χ1v) is 16.8. The summed E-state index contributed by atoms with van der Waals surface area (Å²) in [6, 6.07) is 21.4. The Bertz CT molecular complexity index is 1430.